The summed E-state index contributed by atoms with van der Waals surface area (Å²) in [7, 11) is 0. The van der Waals surface area contributed by atoms with Gasteiger partial charge in [0, 0.05) is 0 Å². The Hall–Kier alpha value is -1.43. The first-order chi connectivity index (χ1) is 6.43. The van der Waals surface area contributed by atoms with E-state index in [1.807, 2.05) is 0 Å². The number of rotatable bonds is 2. The molecule has 1 aromatic rings. The van der Waals surface area contributed by atoms with Crippen molar-refractivity contribution in [1.82, 2.24) is 4.98 Å². The number of hydrogen-bond donors (Lipinski definition) is 2. The minimum atomic E-state index is -2.88. The number of hydrogen-bond acceptors (Lipinski definition) is 3. The summed E-state index contributed by atoms with van der Waals surface area (Å²) in [5.74, 6) is -1.37. The second kappa shape index (κ2) is 3.75. The van der Waals surface area contributed by atoms with Crippen LogP contribution in [0.3, 0.4) is 0 Å². The third-order valence-electron chi connectivity index (χ3n) is 1.47. The van der Waals surface area contributed by atoms with E-state index in [2.05, 4.69) is 4.98 Å². The highest BCUT2D eigenvalue weighted by Crippen LogP contribution is 2.27. The number of carbonyl (C=O) groups is 1. The van der Waals surface area contributed by atoms with E-state index in [0.717, 1.165) is 6.07 Å². The molecule has 0 amide bonds. The van der Waals surface area contributed by atoms with E-state index in [-0.39, 0.29) is 5.69 Å². The van der Waals surface area contributed by atoms with Gasteiger partial charge in [0.25, 0.3) is 6.43 Å². The van der Waals surface area contributed by atoms with Crippen LogP contribution in [0.1, 0.15) is 22.5 Å². The number of carboxylic acids is 1. The van der Waals surface area contributed by atoms with Gasteiger partial charge < -0.3 is 10.8 Å². The Bertz CT molecular complexity index is 384. The third kappa shape index (κ3) is 1.90. The Labute approximate surface area is 82.3 Å². The zero-order valence-corrected chi connectivity index (χ0v) is 7.42. The molecule has 0 fully saturated rings. The van der Waals surface area contributed by atoms with Crippen molar-refractivity contribution in [1.29, 1.82) is 0 Å². The van der Waals surface area contributed by atoms with Crippen molar-refractivity contribution >= 4 is 23.3 Å². The van der Waals surface area contributed by atoms with Crippen molar-refractivity contribution in [3.63, 3.8) is 0 Å². The van der Waals surface area contributed by atoms with E-state index in [9.17, 15) is 13.6 Å². The predicted octanol–water partition coefficient (Wildman–Crippen LogP) is 1.95. The molecule has 7 heteroatoms. The maximum Gasteiger partial charge on any atom is 0.338 e. The van der Waals surface area contributed by atoms with Gasteiger partial charge in [0.2, 0.25) is 0 Å². The van der Waals surface area contributed by atoms with E-state index in [1.54, 1.807) is 0 Å². The van der Waals surface area contributed by atoms with Gasteiger partial charge in [0.05, 0.1) is 11.3 Å². The van der Waals surface area contributed by atoms with Gasteiger partial charge in [-0.2, -0.15) is 0 Å². The number of nitrogens with two attached hydrogens (primary N) is 1. The highest BCUT2D eigenvalue weighted by atomic mass is 35.5. The number of anilines is 1. The van der Waals surface area contributed by atoms with Gasteiger partial charge in [-0.1, -0.05) is 11.6 Å². The van der Waals surface area contributed by atoms with Crippen LogP contribution < -0.4 is 5.73 Å². The lowest BCUT2D eigenvalue weighted by Gasteiger charge is -2.05. The average molecular weight is 223 g/mol. The molecule has 0 bridgehead atoms. The third-order valence-corrected chi connectivity index (χ3v) is 1.76. The van der Waals surface area contributed by atoms with Gasteiger partial charge in [0.1, 0.15) is 10.8 Å². The molecule has 4 nitrogen and oxygen atoms in total. The number of pyridine rings is 1. The predicted molar refractivity (Wildman–Crippen MR) is 45.6 cm³/mol. The molecular weight excluding hydrogens is 218 g/mol. The quantitative estimate of drug-likeness (QED) is 0.750. The maximum atomic E-state index is 12.2. The minimum Gasteiger partial charge on any atom is -0.478 e. The van der Waals surface area contributed by atoms with Gasteiger partial charge in [-0.3, -0.25) is 0 Å². The molecule has 14 heavy (non-hydrogen) atoms. The summed E-state index contributed by atoms with van der Waals surface area (Å²) < 4.78 is 24.4. The molecule has 1 rings (SSSR count). The number of aromatic carboxylic acids is 1. The lowest BCUT2D eigenvalue weighted by atomic mass is 10.2. The largest absolute Gasteiger partial charge is 0.478 e. The van der Waals surface area contributed by atoms with E-state index < -0.39 is 28.8 Å². The number of nitrogens with zero attached hydrogens (tertiary/aromatic N) is 1. The standard InChI is InChI=1S/C7H5ClF2N2O2/c8-5-2(7(13)14)1-3(11)4(12-5)6(9)10/h1,6H,11H2,(H,13,14). The molecular formula is C7H5ClF2N2O2. The lowest BCUT2D eigenvalue weighted by Crippen LogP contribution is -2.05. The zero-order chi connectivity index (χ0) is 10.9. The molecule has 0 aliphatic rings. The van der Waals surface area contributed by atoms with Crippen LogP contribution in [-0.2, 0) is 0 Å². The van der Waals surface area contributed by atoms with E-state index in [0.29, 0.717) is 0 Å². The van der Waals surface area contributed by atoms with Crippen molar-refractivity contribution in [2.24, 2.45) is 0 Å². The van der Waals surface area contributed by atoms with Crippen LogP contribution in [0.2, 0.25) is 5.15 Å². The number of aromatic nitrogens is 1. The van der Waals surface area contributed by atoms with Gasteiger partial charge in [-0.25, -0.2) is 18.6 Å². The fraction of sp³-hybridized carbons (Fsp3) is 0.143. The number of alkyl halides is 2. The minimum absolute atomic E-state index is 0.387. The molecule has 0 saturated heterocycles. The van der Waals surface area contributed by atoms with Gasteiger partial charge in [-0.15, -0.1) is 0 Å². The topological polar surface area (TPSA) is 76.2 Å². The highest BCUT2D eigenvalue weighted by molar-refractivity contribution is 6.32. The Balaban J connectivity index is 3.31. The zero-order valence-electron chi connectivity index (χ0n) is 6.67. The molecule has 76 valence electrons. The van der Waals surface area contributed by atoms with E-state index in [1.165, 1.54) is 0 Å². The van der Waals surface area contributed by atoms with Crippen LogP contribution >= 0.6 is 11.6 Å². The first-order valence-corrected chi connectivity index (χ1v) is 3.78. The molecule has 0 radical (unpaired) electrons. The second-order valence-corrected chi connectivity index (χ2v) is 2.77. The molecule has 0 aliphatic heterocycles. The fourth-order valence-corrected chi connectivity index (χ4v) is 1.07. The second-order valence-electron chi connectivity index (χ2n) is 2.41. The van der Waals surface area contributed by atoms with Crippen LogP contribution in [0.5, 0.6) is 0 Å². The SMILES string of the molecule is Nc1cc(C(=O)O)c(Cl)nc1C(F)F. The number of nitrogen functional groups attached to an aromatic ring is 1. The van der Waals surface area contributed by atoms with E-state index >= 15 is 0 Å². The monoisotopic (exact) mass is 222 g/mol. The Morgan fingerprint density at radius 1 is 1.64 bits per heavy atom. The molecule has 0 aromatic carbocycles. The van der Waals surface area contributed by atoms with Crippen LogP contribution in [0.25, 0.3) is 0 Å². The molecule has 1 heterocycles. The van der Waals surface area contributed by atoms with E-state index in [4.69, 9.17) is 22.4 Å². The molecule has 0 atom stereocenters. The van der Waals surface area contributed by atoms with Gasteiger partial charge in [-0.05, 0) is 6.07 Å². The molecule has 1 aromatic heterocycles. The van der Waals surface area contributed by atoms with Gasteiger partial charge >= 0.3 is 5.97 Å². The normalized spacial score (nSPS) is 10.6. The summed E-state index contributed by atoms with van der Waals surface area (Å²) in [6.07, 6.45) is -2.88. The van der Waals surface area contributed by atoms with Crippen LogP contribution in [-0.4, -0.2) is 16.1 Å². The summed E-state index contributed by atoms with van der Waals surface area (Å²) >= 11 is 5.36. The van der Waals surface area contributed by atoms with Crippen molar-refractivity contribution in [2.45, 2.75) is 6.43 Å². The van der Waals surface area contributed by atoms with Crippen LogP contribution in [0.15, 0.2) is 6.07 Å². The number of carboxylic acid groups (broad SMARTS) is 1. The molecule has 0 aliphatic carbocycles. The van der Waals surface area contributed by atoms with Crippen molar-refractivity contribution < 1.29 is 18.7 Å². The fourth-order valence-electron chi connectivity index (χ4n) is 0.844. The Morgan fingerprint density at radius 3 is 2.64 bits per heavy atom. The van der Waals surface area contributed by atoms with Crippen molar-refractivity contribution in [2.75, 3.05) is 5.73 Å². The van der Waals surface area contributed by atoms with Crippen LogP contribution in [0, 0.1) is 0 Å². The van der Waals surface area contributed by atoms with Crippen molar-refractivity contribution in [3.05, 3.63) is 22.5 Å². The molecule has 0 spiro atoms. The Kier molecular flexibility index (Phi) is 2.85. The maximum absolute atomic E-state index is 12.2. The number of halogens is 3. The Morgan fingerprint density at radius 2 is 2.21 bits per heavy atom. The average Bonchev–Trinajstić information content (AvgIpc) is 2.07. The van der Waals surface area contributed by atoms with Crippen LogP contribution in [0.4, 0.5) is 14.5 Å². The van der Waals surface area contributed by atoms with Crippen molar-refractivity contribution in [3.8, 4) is 0 Å². The van der Waals surface area contributed by atoms with Gasteiger partial charge in [0.15, 0.2) is 0 Å². The first kappa shape index (κ1) is 10.6. The summed E-state index contributed by atoms with van der Waals surface area (Å²) in [6, 6.07) is 0.860. The lowest BCUT2D eigenvalue weighted by molar-refractivity contribution is 0.0696. The molecule has 0 saturated carbocycles. The smallest absolute Gasteiger partial charge is 0.338 e. The summed E-state index contributed by atoms with van der Waals surface area (Å²) in [5.41, 5.74) is 3.67. The summed E-state index contributed by atoms with van der Waals surface area (Å²) in [6.45, 7) is 0. The molecule has 3 N–H and O–H groups in total. The molecule has 0 unspecified atom stereocenters. The first-order valence-electron chi connectivity index (χ1n) is 3.41. The highest BCUT2D eigenvalue weighted by Gasteiger charge is 2.19. The summed E-state index contributed by atoms with van der Waals surface area (Å²) in [5, 5.41) is 8.05. The summed E-state index contributed by atoms with van der Waals surface area (Å²) in [4.78, 5) is 13.7.